The molecule has 21 heavy (non-hydrogen) atoms. The first-order valence-electron chi connectivity index (χ1n) is 7.38. The lowest BCUT2D eigenvalue weighted by Crippen LogP contribution is -2.47. The number of carbonyl (C=O) groups is 1. The molecule has 0 bridgehead atoms. The second kappa shape index (κ2) is 6.43. The summed E-state index contributed by atoms with van der Waals surface area (Å²) in [5, 5.41) is 2.93. The normalized spacial score (nSPS) is 25.4. The molecule has 1 aliphatic rings. The number of anilines is 1. The number of nitrogens with zero attached hydrogens (tertiary/aromatic N) is 1. The lowest BCUT2D eigenvalue weighted by Gasteiger charge is -2.37. The minimum atomic E-state index is -0.717. The second-order valence-corrected chi connectivity index (χ2v) is 5.90. The minimum absolute atomic E-state index is 0.0806. The Labute approximate surface area is 126 Å². The Balaban J connectivity index is 2.14. The van der Waals surface area contributed by atoms with Gasteiger partial charge in [-0.2, -0.15) is 0 Å². The summed E-state index contributed by atoms with van der Waals surface area (Å²) < 4.78 is 10.7. The Bertz CT molecular complexity index is 518. The average molecular weight is 292 g/mol. The van der Waals surface area contributed by atoms with E-state index in [9.17, 15) is 4.79 Å². The first-order valence-corrected chi connectivity index (χ1v) is 7.38. The van der Waals surface area contributed by atoms with Gasteiger partial charge in [-0.25, -0.2) is 4.98 Å². The highest BCUT2D eigenvalue weighted by molar-refractivity contribution is 5.97. The average Bonchev–Trinajstić information content (AvgIpc) is 2.47. The van der Waals surface area contributed by atoms with Gasteiger partial charge in [-0.3, -0.25) is 4.79 Å². The molecule has 1 fully saturated rings. The molecule has 1 saturated carbocycles. The number of aromatic nitrogens is 1. The van der Waals surface area contributed by atoms with Crippen LogP contribution in [-0.2, 0) is 9.53 Å². The summed E-state index contributed by atoms with van der Waals surface area (Å²) in [7, 11) is 3.20. The van der Waals surface area contributed by atoms with Crippen LogP contribution in [0.3, 0.4) is 0 Å². The molecule has 1 aromatic rings. The van der Waals surface area contributed by atoms with Gasteiger partial charge in [0.25, 0.3) is 5.91 Å². The molecule has 1 amide bonds. The number of nitrogens with one attached hydrogen (secondary N) is 1. The van der Waals surface area contributed by atoms with Crippen molar-refractivity contribution in [2.75, 3.05) is 19.5 Å². The molecule has 1 aromatic heterocycles. The van der Waals surface area contributed by atoms with Crippen molar-refractivity contribution in [1.82, 2.24) is 4.98 Å². The number of pyridine rings is 1. The Morgan fingerprint density at radius 1 is 1.48 bits per heavy atom. The quantitative estimate of drug-likeness (QED) is 0.927. The number of aryl methyl sites for hydroxylation is 1. The van der Waals surface area contributed by atoms with Crippen LogP contribution in [-0.4, -0.2) is 30.7 Å². The maximum atomic E-state index is 12.6. The number of amides is 1. The number of ether oxygens (including phenoxy) is 2. The van der Waals surface area contributed by atoms with Crippen molar-refractivity contribution in [3.05, 3.63) is 17.8 Å². The Kier molecular flexibility index (Phi) is 4.83. The van der Waals surface area contributed by atoms with E-state index >= 15 is 0 Å². The van der Waals surface area contributed by atoms with E-state index < -0.39 is 5.60 Å². The van der Waals surface area contributed by atoms with Gasteiger partial charge in [0.1, 0.15) is 5.60 Å². The van der Waals surface area contributed by atoms with Crippen LogP contribution in [0.25, 0.3) is 0 Å². The Hall–Kier alpha value is -1.62. The molecule has 1 aliphatic carbocycles. The monoisotopic (exact) mass is 292 g/mol. The van der Waals surface area contributed by atoms with Gasteiger partial charge in [-0.05, 0) is 38.2 Å². The van der Waals surface area contributed by atoms with Crippen LogP contribution < -0.4 is 10.1 Å². The van der Waals surface area contributed by atoms with E-state index in [1.165, 1.54) is 0 Å². The van der Waals surface area contributed by atoms with E-state index in [0.29, 0.717) is 17.5 Å². The van der Waals surface area contributed by atoms with Crippen LogP contribution in [0.2, 0.25) is 0 Å². The molecular formula is C16H24N2O3. The Morgan fingerprint density at radius 2 is 2.24 bits per heavy atom. The zero-order valence-electron chi connectivity index (χ0n) is 13.2. The minimum Gasteiger partial charge on any atom is -0.481 e. The molecule has 2 unspecified atom stereocenters. The van der Waals surface area contributed by atoms with Gasteiger partial charge in [-0.15, -0.1) is 0 Å². The summed E-state index contributed by atoms with van der Waals surface area (Å²) in [6.45, 7) is 4.07. The lowest BCUT2D eigenvalue weighted by atomic mass is 9.78. The van der Waals surface area contributed by atoms with Gasteiger partial charge < -0.3 is 14.8 Å². The SMILES string of the molecule is COc1ncc(NC(=O)C2(OC)CCCC(C)C2)cc1C. The van der Waals surface area contributed by atoms with Crippen LogP contribution in [0, 0.1) is 12.8 Å². The fourth-order valence-electron chi connectivity index (χ4n) is 3.08. The molecule has 0 saturated heterocycles. The third-order valence-corrected chi connectivity index (χ3v) is 4.24. The number of methoxy groups -OCH3 is 2. The standard InChI is InChI=1S/C16H24N2O3/c1-11-6-5-7-16(9-11,21-4)15(19)18-13-8-12(2)14(20-3)17-10-13/h8,10-11H,5-7,9H2,1-4H3,(H,18,19). The van der Waals surface area contributed by atoms with Gasteiger partial charge in [0.05, 0.1) is 19.0 Å². The summed E-state index contributed by atoms with van der Waals surface area (Å²) in [6, 6.07) is 1.86. The van der Waals surface area contributed by atoms with Gasteiger partial charge >= 0.3 is 0 Å². The Morgan fingerprint density at radius 3 is 2.81 bits per heavy atom. The molecule has 0 radical (unpaired) electrons. The molecule has 2 atom stereocenters. The van der Waals surface area contributed by atoms with Crippen molar-refractivity contribution in [2.24, 2.45) is 5.92 Å². The van der Waals surface area contributed by atoms with E-state index in [0.717, 1.165) is 31.2 Å². The third-order valence-electron chi connectivity index (χ3n) is 4.24. The summed E-state index contributed by atoms with van der Waals surface area (Å²) in [5.41, 5.74) is 0.845. The van der Waals surface area contributed by atoms with E-state index in [1.54, 1.807) is 20.4 Å². The van der Waals surface area contributed by atoms with E-state index in [2.05, 4.69) is 17.2 Å². The van der Waals surface area contributed by atoms with Gasteiger partial charge in [-0.1, -0.05) is 13.3 Å². The lowest BCUT2D eigenvalue weighted by molar-refractivity contribution is -0.143. The topological polar surface area (TPSA) is 60.5 Å². The van der Waals surface area contributed by atoms with Crippen LogP contribution in [0.5, 0.6) is 5.88 Å². The van der Waals surface area contributed by atoms with Crippen LogP contribution in [0.15, 0.2) is 12.3 Å². The van der Waals surface area contributed by atoms with Crippen LogP contribution in [0.1, 0.15) is 38.2 Å². The maximum Gasteiger partial charge on any atom is 0.256 e. The van der Waals surface area contributed by atoms with Crippen molar-refractivity contribution in [3.63, 3.8) is 0 Å². The second-order valence-electron chi connectivity index (χ2n) is 5.90. The predicted molar refractivity (Wildman–Crippen MR) is 81.5 cm³/mol. The van der Waals surface area contributed by atoms with Crippen molar-refractivity contribution in [2.45, 2.75) is 45.1 Å². The fraction of sp³-hybridized carbons (Fsp3) is 0.625. The molecule has 0 aromatic carbocycles. The van der Waals surface area contributed by atoms with Crippen molar-refractivity contribution >= 4 is 11.6 Å². The van der Waals surface area contributed by atoms with Crippen molar-refractivity contribution in [1.29, 1.82) is 0 Å². The summed E-state index contributed by atoms with van der Waals surface area (Å²) in [4.78, 5) is 16.8. The predicted octanol–water partition coefficient (Wildman–Crippen LogP) is 2.93. The molecule has 1 heterocycles. The first-order chi connectivity index (χ1) is 10.0. The third kappa shape index (κ3) is 3.35. The zero-order chi connectivity index (χ0) is 15.5. The number of hydrogen-bond acceptors (Lipinski definition) is 4. The molecule has 1 N–H and O–H groups in total. The summed E-state index contributed by atoms with van der Waals surface area (Å²) >= 11 is 0. The van der Waals surface area contributed by atoms with E-state index in [-0.39, 0.29) is 5.91 Å². The van der Waals surface area contributed by atoms with Crippen molar-refractivity contribution < 1.29 is 14.3 Å². The molecule has 0 spiro atoms. The number of hydrogen-bond donors (Lipinski definition) is 1. The van der Waals surface area contributed by atoms with Crippen molar-refractivity contribution in [3.8, 4) is 5.88 Å². The van der Waals surface area contributed by atoms with Crippen LogP contribution in [0.4, 0.5) is 5.69 Å². The smallest absolute Gasteiger partial charge is 0.256 e. The largest absolute Gasteiger partial charge is 0.481 e. The maximum absolute atomic E-state index is 12.6. The zero-order valence-corrected chi connectivity index (χ0v) is 13.2. The molecule has 5 nitrogen and oxygen atoms in total. The van der Waals surface area contributed by atoms with Gasteiger partial charge in [0, 0.05) is 12.7 Å². The van der Waals surface area contributed by atoms with E-state index in [4.69, 9.17) is 9.47 Å². The van der Waals surface area contributed by atoms with Gasteiger partial charge in [0.2, 0.25) is 5.88 Å². The summed E-state index contributed by atoms with van der Waals surface area (Å²) in [6.07, 6.45) is 5.31. The highest BCUT2D eigenvalue weighted by atomic mass is 16.5. The molecule has 0 aliphatic heterocycles. The molecular weight excluding hydrogens is 268 g/mol. The molecule has 2 rings (SSSR count). The number of carbonyl (C=O) groups excluding carboxylic acids is 1. The summed E-state index contributed by atoms with van der Waals surface area (Å²) in [5.74, 6) is 0.990. The highest BCUT2D eigenvalue weighted by Gasteiger charge is 2.42. The fourth-order valence-corrected chi connectivity index (χ4v) is 3.08. The highest BCUT2D eigenvalue weighted by Crippen LogP contribution is 2.35. The van der Waals surface area contributed by atoms with E-state index in [1.807, 2.05) is 13.0 Å². The number of rotatable bonds is 4. The van der Waals surface area contributed by atoms with Crippen LogP contribution >= 0.6 is 0 Å². The first kappa shape index (κ1) is 15.8. The molecule has 116 valence electrons. The van der Waals surface area contributed by atoms with Gasteiger partial charge in [0.15, 0.2) is 0 Å². The molecule has 5 heteroatoms.